The third-order valence-electron chi connectivity index (χ3n) is 3.01. The van der Waals surface area contributed by atoms with Crippen LogP contribution in [0.25, 0.3) is 10.4 Å². The van der Waals surface area contributed by atoms with Gasteiger partial charge in [-0.25, -0.2) is 4.98 Å². The highest BCUT2D eigenvalue weighted by Gasteiger charge is 2.13. The van der Waals surface area contributed by atoms with E-state index in [1.807, 2.05) is 6.20 Å². The molecule has 3 rings (SSSR count). The third kappa shape index (κ3) is 2.20. The number of hydrogen-bond donors (Lipinski definition) is 1. The lowest BCUT2D eigenvalue weighted by molar-refractivity contribution is 0.357. The maximum atomic E-state index is 5.52. The standard InChI is InChI=1S/C14H16N2OS/c1-2-6-15-14-16-9-13(18-14)11-3-4-12-10(8-11)5-7-17-12/h3-4,8-9H,2,5-7H2,1H3,(H,15,16). The van der Waals surface area contributed by atoms with Crippen molar-refractivity contribution < 1.29 is 4.74 Å². The Bertz CT molecular complexity index is 550. The van der Waals surface area contributed by atoms with Crippen molar-refractivity contribution in [1.29, 1.82) is 0 Å². The maximum Gasteiger partial charge on any atom is 0.183 e. The average molecular weight is 260 g/mol. The fourth-order valence-corrected chi connectivity index (χ4v) is 2.90. The Morgan fingerprint density at radius 1 is 1.44 bits per heavy atom. The van der Waals surface area contributed by atoms with Gasteiger partial charge in [0.1, 0.15) is 5.75 Å². The van der Waals surface area contributed by atoms with Crippen LogP contribution in [0.5, 0.6) is 5.75 Å². The van der Waals surface area contributed by atoms with E-state index in [1.165, 1.54) is 16.0 Å². The molecule has 1 aliphatic rings. The second kappa shape index (κ2) is 4.98. The van der Waals surface area contributed by atoms with Gasteiger partial charge in [-0.15, -0.1) is 0 Å². The number of benzene rings is 1. The van der Waals surface area contributed by atoms with Gasteiger partial charge in [-0.05, 0) is 35.7 Å². The molecule has 1 aliphatic heterocycles. The molecule has 0 saturated carbocycles. The molecule has 0 fully saturated rings. The summed E-state index contributed by atoms with van der Waals surface area (Å²) in [6.45, 7) is 3.94. The van der Waals surface area contributed by atoms with Crippen LogP contribution in [0.3, 0.4) is 0 Å². The second-order valence-corrected chi connectivity index (χ2v) is 5.41. The molecule has 0 spiro atoms. The van der Waals surface area contributed by atoms with Crippen LogP contribution in [0.4, 0.5) is 5.13 Å². The van der Waals surface area contributed by atoms with Gasteiger partial charge in [0.15, 0.2) is 5.13 Å². The molecular weight excluding hydrogens is 244 g/mol. The number of thiazole rings is 1. The van der Waals surface area contributed by atoms with Crippen molar-refractivity contribution in [2.24, 2.45) is 0 Å². The van der Waals surface area contributed by atoms with Gasteiger partial charge < -0.3 is 10.1 Å². The summed E-state index contributed by atoms with van der Waals surface area (Å²) in [7, 11) is 0. The minimum Gasteiger partial charge on any atom is -0.493 e. The van der Waals surface area contributed by atoms with Gasteiger partial charge in [-0.2, -0.15) is 0 Å². The largest absolute Gasteiger partial charge is 0.493 e. The summed E-state index contributed by atoms with van der Waals surface area (Å²) in [6, 6.07) is 6.40. The van der Waals surface area contributed by atoms with Crippen LogP contribution in [0.1, 0.15) is 18.9 Å². The van der Waals surface area contributed by atoms with Gasteiger partial charge in [-0.3, -0.25) is 0 Å². The summed E-state index contributed by atoms with van der Waals surface area (Å²) < 4.78 is 5.52. The molecule has 0 saturated heterocycles. The van der Waals surface area contributed by atoms with Gasteiger partial charge in [0, 0.05) is 19.2 Å². The van der Waals surface area contributed by atoms with Crippen LogP contribution in [0, 0.1) is 0 Å². The Hall–Kier alpha value is -1.55. The lowest BCUT2D eigenvalue weighted by Gasteiger charge is -2.01. The molecule has 2 heterocycles. The van der Waals surface area contributed by atoms with Crippen molar-refractivity contribution in [3.63, 3.8) is 0 Å². The minimum atomic E-state index is 0.810. The molecule has 0 aliphatic carbocycles. The molecule has 0 amide bonds. The zero-order valence-corrected chi connectivity index (χ0v) is 11.2. The molecule has 0 bridgehead atoms. The second-order valence-electron chi connectivity index (χ2n) is 4.38. The highest BCUT2D eigenvalue weighted by Crippen LogP contribution is 2.34. The minimum absolute atomic E-state index is 0.810. The fourth-order valence-electron chi connectivity index (χ4n) is 2.06. The topological polar surface area (TPSA) is 34.2 Å². The summed E-state index contributed by atoms with van der Waals surface area (Å²) in [6.07, 6.45) is 4.08. The van der Waals surface area contributed by atoms with E-state index in [0.29, 0.717) is 0 Å². The van der Waals surface area contributed by atoms with E-state index in [9.17, 15) is 0 Å². The van der Waals surface area contributed by atoms with Crippen LogP contribution < -0.4 is 10.1 Å². The van der Waals surface area contributed by atoms with Gasteiger partial charge in [0.2, 0.25) is 0 Å². The molecule has 3 nitrogen and oxygen atoms in total. The van der Waals surface area contributed by atoms with Crippen molar-refractivity contribution in [3.05, 3.63) is 30.0 Å². The maximum absolute atomic E-state index is 5.52. The normalized spacial score (nSPS) is 13.2. The molecule has 4 heteroatoms. The van der Waals surface area contributed by atoms with E-state index >= 15 is 0 Å². The van der Waals surface area contributed by atoms with Crippen LogP contribution in [-0.4, -0.2) is 18.1 Å². The first-order chi connectivity index (χ1) is 8.86. The number of rotatable bonds is 4. The van der Waals surface area contributed by atoms with E-state index in [-0.39, 0.29) is 0 Å². The molecular formula is C14H16N2OS. The first-order valence-electron chi connectivity index (χ1n) is 6.32. The molecule has 1 aromatic heterocycles. The van der Waals surface area contributed by atoms with Crippen molar-refractivity contribution in [2.75, 3.05) is 18.5 Å². The highest BCUT2D eigenvalue weighted by molar-refractivity contribution is 7.18. The van der Waals surface area contributed by atoms with Crippen molar-refractivity contribution in [2.45, 2.75) is 19.8 Å². The van der Waals surface area contributed by atoms with Crippen molar-refractivity contribution in [1.82, 2.24) is 4.98 Å². The van der Waals surface area contributed by atoms with Crippen molar-refractivity contribution >= 4 is 16.5 Å². The number of anilines is 1. The number of nitrogens with zero attached hydrogens (tertiary/aromatic N) is 1. The monoisotopic (exact) mass is 260 g/mol. The smallest absolute Gasteiger partial charge is 0.183 e. The molecule has 1 N–H and O–H groups in total. The Kier molecular flexibility index (Phi) is 3.19. The number of hydrogen-bond acceptors (Lipinski definition) is 4. The number of fused-ring (bicyclic) bond motifs is 1. The molecule has 2 aromatic rings. The van der Waals surface area contributed by atoms with Crippen LogP contribution in [0.15, 0.2) is 24.4 Å². The molecule has 0 radical (unpaired) electrons. The highest BCUT2D eigenvalue weighted by atomic mass is 32.1. The Balaban J connectivity index is 1.83. The predicted octanol–water partition coefficient (Wildman–Crippen LogP) is 3.57. The zero-order valence-electron chi connectivity index (χ0n) is 10.4. The molecule has 0 atom stereocenters. The molecule has 0 unspecified atom stereocenters. The van der Waals surface area contributed by atoms with E-state index in [1.54, 1.807) is 11.3 Å². The predicted molar refractivity (Wildman–Crippen MR) is 75.5 cm³/mol. The summed E-state index contributed by atoms with van der Waals surface area (Å²) in [5.41, 5.74) is 2.55. The van der Waals surface area contributed by atoms with Crippen LogP contribution >= 0.6 is 11.3 Å². The van der Waals surface area contributed by atoms with Gasteiger partial charge in [0.05, 0.1) is 11.5 Å². The quantitative estimate of drug-likeness (QED) is 0.912. The average Bonchev–Trinajstić information content (AvgIpc) is 3.04. The lowest BCUT2D eigenvalue weighted by atomic mass is 10.1. The zero-order chi connectivity index (χ0) is 12.4. The van der Waals surface area contributed by atoms with Gasteiger partial charge in [-0.1, -0.05) is 18.3 Å². The summed E-state index contributed by atoms with van der Waals surface area (Å²) in [4.78, 5) is 5.61. The summed E-state index contributed by atoms with van der Waals surface area (Å²) >= 11 is 1.71. The Labute approximate surface area is 111 Å². The van der Waals surface area contributed by atoms with E-state index in [2.05, 4.69) is 35.4 Å². The number of nitrogens with one attached hydrogen (secondary N) is 1. The lowest BCUT2D eigenvalue weighted by Crippen LogP contribution is -1.97. The van der Waals surface area contributed by atoms with E-state index in [0.717, 1.165) is 36.9 Å². The van der Waals surface area contributed by atoms with Gasteiger partial charge >= 0.3 is 0 Å². The van der Waals surface area contributed by atoms with Crippen molar-refractivity contribution in [3.8, 4) is 16.2 Å². The van der Waals surface area contributed by atoms with Crippen LogP contribution in [0.2, 0.25) is 0 Å². The van der Waals surface area contributed by atoms with Crippen LogP contribution in [-0.2, 0) is 6.42 Å². The van der Waals surface area contributed by atoms with Gasteiger partial charge in [0.25, 0.3) is 0 Å². The van der Waals surface area contributed by atoms with E-state index < -0.39 is 0 Å². The number of aromatic nitrogens is 1. The van der Waals surface area contributed by atoms with E-state index in [4.69, 9.17) is 4.74 Å². The molecule has 18 heavy (non-hydrogen) atoms. The summed E-state index contributed by atoms with van der Waals surface area (Å²) in [5.74, 6) is 1.03. The first kappa shape index (κ1) is 11.5. The summed E-state index contributed by atoms with van der Waals surface area (Å²) in [5, 5.41) is 4.32. The Morgan fingerprint density at radius 2 is 2.39 bits per heavy atom. The molecule has 1 aromatic carbocycles. The fraction of sp³-hybridized carbons (Fsp3) is 0.357. The SMILES string of the molecule is CCCNc1ncc(-c2ccc3c(c2)CCO3)s1. The third-order valence-corrected chi connectivity index (χ3v) is 4.01. The first-order valence-corrected chi connectivity index (χ1v) is 7.14. The Morgan fingerprint density at radius 3 is 3.28 bits per heavy atom. The molecule has 94 valence electrons. The number of ether oxygens (including phenoxy) is 1.